The zero-order valence-electron chi connectivity index (χ0n) is 15.0. The maximum Gasteiger partial charge on any atom is 0.234 e. The number of carbonyl (C=O) groups is 1. The van der Waals surface area contributed by atoms with Gasteiger partial charge in [-0.15, -0.1) is 0 Å². The van der Waals surface area contributed by atoms with Gasteiger partial charge in [0.25, 0.3) is 0 Å². The van der Waals surface area contributed by atoms with Crippen LogP contribution in [0, 0.1) is 6.92 Å². The van der Waals surface area contributed by atoms with Crippen LogP contribution < -0.4 is 11.1 Å². The first-order chi connectivity index (χ1) is 13.4. The van der Waals surface area contributed by atoms with Crippen molar-refractivity contribution >= 4 is 39.0 Å². The molecule has 3 rings (SSSR count). The molecule has 0 fully saturated rings. The molecule has 144 valence electrons. The fraction of sp³-hybridized carbons (Fsp3) is 0.105. The van der Waals surface area contributed by atoms with Gasteiger partial charge in [0.2, 0.25) is 15.7 Å². The highest BCUT2D eigenvalue weighted by Gasteiger charge is 2.22. The number of nitrogens with two attached hydrogens (primary N) is 1. The van der Waals surface area contributed by atoms with Gasteiger partial charge >= 0.3 is 0 Å². The molecule has 9 heteroatoms. The van der Waals surface area contributed by atoms with E-state index in [-0.39, 0.29) is 32.4 Å². The highest BCUT2D eigenvalue weighted by molar-refractivity contribution is 7.99. The normalized spacial score (nSPS) is 11.2. The minimum Gasteiger partial charge on any atom is -0.382 e. The molecule has 0 radical (unpaired) electrons. The highest BCUT2D eigenvalue weighted by Crippen LogP contribution is 2.25. The van der Waals surface area contributed by atoms with Crippen LogP contribution >= 0.6 is 11.8 Å². The lowest BCUT2D eigenvalue weighted by Gasteiger charge is -2.08. The Balaban J connectivity index is 1.68. The fourth-order valence-electron chi connectivity index (χ4n) is 2.42. The maximum absolute atomic E-state index is 12.6. The van der Waals surface area contributed by atoms with E-state index in [1.165, 1.54) is 18.3 Å². The van der Waals surface area contributed by atoms with E-state index < -0.39 is 9.84 Å². The van der Waals surface area contributed by atoms with E-state index >= 15 is 0 Å². The lowest BCUT2D eigenvalue weighted by molar-refractivity contribution is -0.113. The number of aryl methyl sites for hydroxylation is 1. The first-order valence-electron chi connectivity index (χ1n) is 8.28. The predicted molar refractivity (Wildman–Crippen MR) is 109 cm³/mol. The van der Waals surface area contributed by atoms with Crippen molar-refractivity contribution in [1.29, 1.82) is 0 Å². The van der Waals surface area contributed by atoms with Crippen LogP contribution in [0.3, 0.4) is 0 Å². The number of hydrogen-bond acceptors (Lipinski definition) is 7. The second-order valence-corrected chi connectivity index (χ2v) is 8.79. The Morgan fingerprint density at radius 1 is 1.14 bits per heavy atom. The van der Waals surface area contributed by atoms with Gasteiger partial charge in [-0.3, -0.25) is 4.79 Å². The van der Waals surface area contributed by atoms with E-state index in [1.54, 1.807) is 24.3 Å². The molecule has 0 unspecified atom stereocenters. The molecule has 2 aromatic carbocycles. The quantitative estimate of drug-likeness (QED) is 0.471. The van der Waals surface area contributed by atoms with Gasteiger partial charge in [0.15, 0.2) is 5.16 Å². The minimum atomic E-state index is -3.80. The molecule has 0 saturated heterocycles. The largest absolute Gasteiger partial charge is 0.382 e. The summed E-state index contributed by atoms with van der Waals surface area (Å²) in [6.07, 6.45) is 1.17. The van der Waals surface area contributed by atoms with Crippen LogP contribution in [0.1, 0.15) is 5.56 Å². The van der Waals surface area contributed by atoms with E-state index in [1.807, 2.05) is 25.1 Å². The molecule has 0 bridgehead atoms. The van der Waals surface area contributed by atoms with Crippen LogP contribution in [0.4, 0.5) is 11.5 Å². The number of aromatic nitrogens is 2. The molecule has 1 amide bonds. The number of sulfone groups is 1. The maximum atomic E-state index is 12.6. The van der Waals surface area contributed by atoms with Crippen LogP contribution in [-0.4, -0.2) is 30.0 Å². The van der Waals surface area contributed by atoms with Crippen molar-refractivity contribution in [3.8, 4) is 0 Å². The van der Waals surface area contributed by atoms with Crippen molar-refractivity contribution in [3.63, 3.8) is 0 Å². The van der Waals surface area contributed by atoms with Crippen LogP contribution in [0.2, 0.25) is 0 Å². The minimum absolute atomic E-state index is 0.0676. The van der Waals surface area contributed by atoms with Gasteiger partial charge in [-0.05, 0) is 36.8 Å². The zero-order valence-corrected chi connectivity index (χ0v) is 16.6. The van der Waals surface area contributed by atoms with Crippen LogP contribution in [0.15, 0.2) is 75.7 Å². The molecule has 3 aromatic rings. The Hall–Kier alpha value is -2.91. The summed E-state index contributed by atoms with van der Waals surface area (Å²) in [5.74, 6) is -0.308. The van der Waals surface area contributed by atoms with Crippen LogP contribution in [0.5, 0.6) is 0 Å². The Morgan fingerprint density at radius 3 is 2.57 bits per heavy atom. The number of anilines is 2. The smallest absolute Gasteiger partial charge is 0.234 e. The number of nitrogens with zero attached hydrogens (tertiary/aromatic N) is 2. The molecule has 1 heterocycles. The fourth-order valence-corrected chi connectivity index (χ4v) is 4.32. The molecular weight excluding hydrogens is 396 g/mol. The van der Waals surface area contributed by atoms with Gasteiger partial charge in [0, 0.05) is 5.69 Å². The monoisotopic (exact) mass is 414 g/mol. The molecule has 0 saturated carbocycles. The lowest BCUT2D eigenvalue weighted by Crippen LogP contribution is -2.14. The highest BCUT2D eigenvalue weighted by atomic mass is 32.2. The number of carbonyl (C=O) groups excluding carboxylic acids is 1. The number of nitrogens with one attached hydrogen (secondary N) is 1. The second kappa shape index (κ2) is 8.41. The van der Waals surface area contributed by atoms with Crippen LogP contribution in [0.25, 0.3) is 0 Å². The molecule has 28 heavy (non-hydrogen) atoms. The molecule has 0 aliphatic heterocycles. The molecule has 0 aliphatic rings. The van der Waals surface area contributed by atoms with Gasteiger partial charge in [-0.2, -0.15) is 0 Å². The first kappa shape index (κ1) is 19.8. The van der Waals surface area contributed by atoms with Gasteiger partial charge < -0.3 is 11.1 Å². The number of benzene rings is 2. The Morgan fingerprint density at radius 2 is 1.89 bits per heavy atom. The first-order valence-corrected chi connectivity index (χ1v) is 10.7. The lowest BCUT2D eigenvalue weighted by atomic mass is 10.2. The van der Waals surface area contributed by atoms with Gasteiger partial charge in [-0.1, -0.05) is 42.1 Å². The SMILES string of the molecule is Cc1cccc(NC(=O)CSc2ncc(S(=O)(=O)c3ccccc3)c(N)n2)c1. The molecule has 0 spiro atoms. The van der Waals surface area contributed by atoms with Crippen LogP contribution in [-0.2, 0) is 14.6 Å². The Kier molecular flexibility index (Phi) is 5.96. The van der Waals surface area contributed by atoms with E-state index in [2.05, 4.69) is 15.3 Å². The van der Waals surface area contributed by atoms with E-state index in [4.69, 9.17) is 5.73 Å². The number of hydrogen-bond donors (Lipinski definition) is 2. The Labute approximate surface area is 167 Å². The number of thioether (sulfide) groups is 1. The van der Waals surface area contributed by atoms with Crippen molar-refractivity contribution in [2.24, 2.45) is 0 Å². The van der Waals surface area contributed by atoms with E-state index in [0.29, 0.717) is 5.69 Å². The number of amides is 1. The Bertz CT molecular complexity index is 1100. The molecule has 0 aliphatic carbocycles. The standard InChI is InChI=1S/C19H18N4O3S2/c1-13-6-5-7-14(10-13)22-17(24)12-27-19-21-11-16(18(20)23-19)28(25,26)15-8-3-2-4-9-15/h2-11H,12H2,1H3,(H,22,24)(H2,20,21,23). The third kappa shape index (κ3) is 4.68. The summed E-state index contributed by atoms with van der Waals surface area (Å²) in [5.41, 5.74) is 7.59. The molecule has 3 N–H and O–H groups in total. The summed E-state index contributed by atoms with van der Waals surface area (Å²) in [6.45, 7) is 1.94. The molecule has 0 atom stereocenters. The molecule has 7 nitrogen and oxygen atoms in total. The van der Waals surface area contributed by atoms with Crippen molar-refractivity contribution < 1.29 is 13.2 Å². The summed E-state index contributed by atoms with van der Waals surface area (Å²) in [5, 5.41) is 3.01. The third-order valence-corrected chi connectivity index (χ3v) is 6.39. The van der Waals surface area contributed by atoms with Crippen molar-refractivity contribution in [1.82, 2.24) is 9.97 Å². The van der Waals surface area contributed by atoms with Gasteiger partial charge in [0.1, 0.15) is 10.7 Å². The summed E-state index contributed by atoms with van der Waals surface area (Å²) in [4.78, 5) is 20.1. The third-order valence-electron chi connectivity index (χ3n) is 3.74. The summed E-state index contributed by atoms with van der Waals surface area (Å²) < 4.78 is 25.3. The number of nitrogen functional groups attached to an aromatic ring is 1. The second-order valence-electron chi connectivity index (χ2n) is 5.92. The number of rotatable bonds is 6. The molecular formula is C19H18N4O3S2. The summed E-state index contributed by atoms with van der Waals surface area (Å²) in [7, 11) is -3.80. The average molecular weight is 415 g/mol. The average Bonchev–Trinajstić information content (AvgIpc) is 2.67. The zero-order chi connectivity index (χ0) is 20.1. The van der Waals surface area contributed by atoms with Crippen molar-refractivity contribution in [3.05, 3.63) is 66.4 Å². The molecule has 1 aromatic heterocycles. The van der Waals surface area contributed by atoms with E-state index in [0.717, 1.165) is 17.3 Å². The van der Waals surface area contributed by atoms with Gasteiger partial charge in [-0.25, -0.2) is 18.4 Å². The van der Waals surface area contributed by atoms with Crippen molar-refractivity contribution in [2.75, 3.05) is 16.8 Å². The predicted octanol–water partition coefficient (Wildman–Crippen LogP) is 2.93. The van der Waals surface area contributed by atoms with Crippen molar-refractivity contribution in [2.45, 2.75) is 21.9 Å². The topological polar surface area (TPSA) is 115 Å². The summed E-state index contributed by atoms with van der Waals surface area (Å²) in [6, 6.07) is 15.4. The summed E-state index contributed by atoms with van der Waals surface area (Å²) >= 11 is 1.07. The van der Waals surface area contributed by atoms with Gasteiger partial charge in [0.05, 0.1) is 16.8 Å². The van der Waals surface area contributed by atoms with E-state index in [9.17, 15) is 13.2 Å².